The third-order valence-corrected chi connectivity index (χ3v) is 5.49. The summed E-state index contributed by atoms with van der Waals surface area (Å²) >= 11 is 1.66. The SMILES string of the molecule is COc1ccc(C2SCC(=O)N2c2ccc3ccccc3c2)cc1. The van der Waals surface area contributed by atoms with Crippen molar-refractivity contribution in [2.45, 2.75) is 5.37 Å². The van der Waals surface area contributed by atoms with Gasteiger partial charge in [-0.1, -0.05) is 42.5 Å². The highest BCUT2D eigenvalue weighted by Gasteiger charge is 2.34. The summed E-state index contributed by atoms with van der Waals surface area (Å²) in [5, 5.41) is 2.33. The van der Waals surface area contributed by atoms with Crippen LogP contribution in [-0.2, 0) is 4.79 Å². The van der Waals surface area contributed by atoms with Gasteiger partial charge in [0.25, 0.3) is 0 Å². The second kappa shape index (κ2) is 6.21. The summed E-state index contributed by atoms with van der Waals surface area (Å²) in [6.45, 7) is 0. The van der Waals surface area contributed by atoms with Crippen LogP contribution < -0.4 is 9.64 Å². The van der Waals surface area contributed by atoms with Crippen LogP contribution in [0.1, 0.15) is 10.9 Å². The van der Waals surface area contributed by atoms with Crippen LogP contribution in [0.4, 0.5) is 5.69 Å². The van der Waals surface area contributed by atoms with Gasteiger partial charge < -0.3 is 4.74 Å². The van der Waals surface area contributed by atoms with Gasteiger partial charge in [0.15, 0.2) is 0 Å². The van der Waals surface area contributed by atoms with Crippen LogP contribution in [0.2, 0.25) is 0 Å². The Labute approximate surface area is 145 Å². The molecule has 1 unspecified atom stereocenters. The van der Waals surface area contributed by atoms with Gasteiger partial charge in [-0.25, -0.2) is 0 Å². The Kier molecular flexibility index (Phi) is 3.90. The largest absolute Gasteiger partial charge is 0.497 e. The first-order chi connectivity index (χ1) is 11.8. The zero-order chi connectivity index (χ0) is 16.5. The molecule has 120 valence electrons. The van der Waals surface area contributed by atoms with Crippen LogP contribution in [0.5, 0.6) is 5.75 Å². The zero-order valence-corrected chi connectivity index (χ0v) is 14.1. The Balaban J connectivity index is 1.73. The molecule has 3 aromatic carbocycles. The molecule has 0 spiro atoms. The summed E-state index contributed by atoms with van der Waals surface area (Å²) in [4.78, 5) is 14.4. The number of anilines is 1. The molecule has 1 saturated heterocycles. The summed E-state index contributed by atoms with van der Waals surface area (Å²) < 4.78 is 5.23. The molecule has 1 atom stereocenters. The maximum Gasteiger partial charge on any atom is 0.238 e. The molecular weight excluding hydrogens is 318 g/mol. The molecular formula is C20H17NO2S. The predicted molar refractivity (Wildman–Crippen MR) is 99.6 cm³/mol. The molecule has 0 saturated carbocycles. The van der Waals surface area contributed by atoms with Crippen molar-refractivity contribution < 1.29 is 9.53 Å². The molecule has 0 aromatic heterocycles. The van der Waals surface area contributed by atoms with E-state index in [0.717, 1.165) is 22.4 Å². The van der Waals surface area contributed by atoms with Crippen molar-refractivity contribution in [3.63, 3.8) is 0 Å². The van der Waals surface area contributed by atoms with Crippen LogP contribution in [0.3, 0.4) is 0 Å². The van der Waals surface area contributed by atoms with Crippen molar-refractivity contribution in [2.24, 2.45) is 0 Å². The average Bonchev–Trinajstić information content (AvgIpc) is 3.03. The van der Waals surface area contributed by atoms with Gasteiger partial charge in [0, 0.05) is 5.69 Å². The smallest absolute Gasteiger partial charge is 0.238 e. The lowest BCUT2D eigenvalue weighted by Crippen LogP contribution is -2.27. The molecule has 0 N–H and O–H groups in total. The predicted octanol–water partition coefficient (Wildman–Crippen LogP) is 4.63. The van der Waals surface area contributed by atoms with Gasteiger partial charge in [-0.3, -0.25) is 9.69 Å². The number of benzene rings is 3. The summed E-state index contributed by atoms with van der Waals surface area (Å²) in [6.07, 6.45) is 0. The number of fused-ring (bicyclic) bond motifs is 1. The Bertz CT molecular complexity index is 892. The molecule has 1 aliphatic rings. The van der Waals surface area contributed by atoms with E-state index in [0.29, 0.717) is 5.75 Å². The molecule has 3 aromatic rings. The Morgan fingerprint density at radius 2 is 1.75 bits per heavy atom. The maximum atomic E-state index is 12.5. The molecule has 0 radical (unpaired) electrons. The lowest BCUT2D eigenvalue weighted by atomic mass is 10.1. The van der Waals surface area contributed by atoms with Gasteiger partial charge in [-0.15, -0.1) is 11.8 Å². The van der Waals surface area contributed by atoms with Crippen molar-refractivity contribution in [3.8, 4) is 5.75 Å². The number of rotatable bonds is 3. The van der Waals surface area contributed by atoms with Gasteiger partial charge in [0.1, 0.15) is 11.1 Å². The third-order valence-electron chi connectivity index (χ3n) is 4.28. The number of thioether (sulfide) groups is 1. The van der Waals surface area contributed by atoms with E-state index in [1.54, 1.807) is 18.9 Å². The van der Waals surface area contributed by atoms with Gasteiger partial charge in [0.05, 0.1) is 12.9 Å². The number of nitrogens with zero attached hydrogens (tertiary/aromatic N) is 1. The van der Waals surface area contributed by atoms with Crippen molar-refractivity contribution >= 4 is 34.1 Å². The van der Waals surface area contributed by atoms with Crippen molar-refractivity contribution in [3.05, 3.63) is 72.3 Å². The summed E-state index contributed by atoms with van der Waals surface area (Å²) in [5.41, 5.74) is 2.06. The zero-order valence-electron chi connectivity index (χ0n) is 13.3. The number of methoxy groups -OCH3 is 1. The highest BCUT2D eigenvalue weighted by atomic mass is 32.2. The molecule has 1 amide bonds. The topological polar surface area (TPSA) is 29.5 Å². The Morgan fingerprint density at radius 1 is 1.00 bits per heavy atom. The summed E-state index contributed by atoms with van der Waals surface area (Å²) in [6, 6.07) is 22.4. The summed E-state index contributed by atoms with van der Waals surface area (Å²) in [7, 11) is 1.66. The first-order valence-corrected chi connectivity index (χ1v) is 8.87. The fourth-order valence-corrected chi connectivity index (χ4v) is 4.22. The normalized spacial score (nSPS) is 17.5. The first kappa shape index (κ1) is 15.1. The fraction of sp³-hybridized carbons (Fsp3) is 0.150. The van der Waals surface area contributed by atoms with Crippen molar-refractivity contribution in [2.75, 3.05) is 17.8 Å². The highest BCUT2D eigenvalue weighted by Crippen LogP contribution is 2.42. The average molecular weight is 335 g/mol. The minimum atomic E-state index is 0.00423. The minimum Gasteiger partial charge on any atom is -0.497 e. The lowest BCUT2D eigenvalue weighted by molar-refractivity contribution is -0.115. The molecule has 0 bridgehead atoms. The van der Waals surface area contributed by atoms with E-state index in [4.69, 9.17) is 4.74 Å². The van der Waals surface area contributed by atoms with E-state index in [1.807, 2.05) is 47.4 Å². The van der Waals surface area contributed by atoms with Gasteiger partial charge in [0.2, 0.25) is 5.91 Å². The number of hydrogen-bond donors (Lipinski definition) is 0. The van der Waals surface area contributed by atoms with Crippen LogP contribution >= 0.6 is 11.8 Å². The molecule has 1 heterocycles. The van der Waals surface area contributed by atoms with Crippen LogP contribution in [0.25, 0.3) is 10.8 Å². The standard InChI is InChI=1S/C20H17NO2S/c1-23-18-10-7-15(8-11-18)20-21(19(22)13-24-20)17-9-6-14-4-2-3-5-16(14)12-17/h2-12,20H,13H2,1H3. The van der Waals surface area contributed by atoms with Gasteiger partial charge in [-0.2, -0.15) is 0 Å². The number of hydrogen-bond acceptors (Lipinski definition) is 3. The van der Waals surface area contributed by atoms with Gasteiger partial charge >= 0.3 is 0 Å². The molecule has 0 aliphatic carbocycles. The summed E-state index contributed by atoms with van der Waals surface area (Å²) in [5.74, 6) is 1.48. The first-order valence-electron chi connectivity index (χ1n) is 7.83. The van der Waals surface area contributed by atoms with E-state index in [2.05, 4.69) is 24.3 Å². The van der Waals surface area contributed by atoms with Crippen LogP contribution in [-0.4, -0.2) is 18.8 Å². The molecule has 3 nitrogen and oxygen atoms in total. The highest BCUT2D eigenvalue weighted by molar-refractivity contribution is 8.00. The Hall–Kier alpha value is -2.46. The molecule has 1 fully saturated rings. The second-order valence-corrected chi connectivity index (χ2v) is 6.80. The van der Waals surface area contributed by atoms with E-state index in [9.17, 15) is 4.79 Å². The Morgan fingerprint density at radius 3 is 2.50 bits per heavy atom. The van der Waals surface area contributed by atoms with Crippen LogP contribution in [0, 0.1) is 0 Å². The van der Waals surface area contributed by atoms with E-state index >= 15 is 0 Å². The monoisotopic (exact) mass is 335 g/mol. The number of carbonyl (C=O) groups is 1. The molecule has 4 heteroatoms. The third kappa shape index (κ3) is 2.63. The van der Waals surface area contributed by atoms with Gasteiger partial charge in [-0.05, 0) is 40.6 Å². The molecule has 4 rings (SSSR count). The maximum absolute atomic E-state index is 12.5. The van der Waals surface area contributed by atoms with Crippen molar-refractivity contribution in [1.29, 1.82) is 0 Å². The second-order valence-electron chi connectivity index (χ2n) is 5.73. The quantitative estimate of drug-likeness (QED) is 0.699. The fourth-order valence-electron chi connectivity index (χ4n) is 3.04. The molecule has 1 aliphatic heterocycles. The van der Waals surface area contributed by atoms with Crippen LogP contribution in [0.15, 0.2) is 66.7 Å². The molecule has 24 heavy (non-hydrogen) atoms. The lowest BCUT2D eigenvalue weighted by Gasteiger charge is -2.25. The number of amides is 1. The number of ether oxygens (including phenoxy) is 1. The van der Waals surface area contributed by atoms with E-state index < -0.39 is 0 Å². The van der Waals surface area contributed by atoms with E-state index in [1.165, 1.54) is 5.39 Å². The van der Waals surface area contributed by atoms with Crippen molar-refractivity contribution in [1.82, 2.24) is 0 Å². The number of carbonyl (C=O) groups excluding carboxylic acids is 1. The van der Waals surface area contributed by atoms with E-state index in [-0.39, 0.29) is 11.3 Å². The minimum absolute atomic E-state index is 0.00423.